The number of aliphatic hydroxyl groups excluding tert-OH is 1. The van der Waals surface area contributed by atoms with Gasteiger partial charge < -0.3 is 10.2 Å². The number of aliphatic hydroxyl groups is 1. The summed E-state index contributed by atoms with van der Waals surface area (Å²) < 4.78 is 0. The van der Waals surface area contributed by atoms with Crippen LogP contribution in [0.5, 0.6) is 0 Å². The number of benzene rings is 2. The lowest BCUT2D eigenvalue weighted by Gasteiger charge is -2.12. The van der Waals surface area contributed by atoms with Gasteiger partial charge in [-0.25, -0.2) is 4.79 Å². The molecule has 2 aromatic carbocycles. The monoisotopic (exact) mass is 242 g/mol. The van der Waals surface area contributed by atoms with Gasteiger partial charge in [-0.05, 0) is 35.7 Å². The van der Waals surface area contributed by atoms with Crippen LogP contribution in [0.1, 0.15) is 28.9 Å². The van der Waals surface area contributed by atoms with Gasteiger partial charge in [0.05, 0.1) is 11.7 Å². The van der Waals surface area contributed by atoms with Gasteiger partial charge in [0.2, 0.25) is 0 Å². The van der Waals surface area contributed by atoms with Crippen molar-refractivity contribution < 1.29 is 15.0 Å². The highest BCUT2D eigenvalue weighted by molar-refractivity contribution is 5.88. The third kappa shape index (κ3) is 2.41. The lowest BCUT2D eigenvalue weighted by molar-refractivity contribution is 0.0697. The van der Waals surface area contributed by atoms with Crippen LogP contribution >= 0.6 is 0 Å². The number of hydrogen-bond donors (Lipinski definition) is 2. The van der Waals surface area contributed by atoms with Crippen molar-refractivity contribution in [2.45, 2.75) is 13.0 Å². The van der Waals surface area contributed by atoms with Crippen LogP contribution in [0, 0.1) is 0 Å². The van der Waals surface area contributed by atoms with E-state index in [2.05, 4.69) is 0 Å². The summed E-state index contributed by atoms with van der Waals surface area (Å²) in [6.45, 7) is 1.71. The smallest absolute Gasteiger partial charge is 0.335 e. The van der Waals surface area contributed by atoms with E-state index in [4.69, 9.17) is 5.11 Å². The van der Waals surface area contributed by atoms with Crippen LogP contribution in [0.4, 0.5) is 0 Å². The number of carboxylic acids is 1. The molecule has 0 spiro atoms. The Hall–Kier alpha value is -2.13. The summed E-state index contributed by atoms with van der Waals surface area (Å²) in [6, 6.07) is 14.2. The Bertz CT molecular complexity index is 556. The molecule has 1 atom stereocenters. The minimum Gasteiger partial charge on any atom is -0.478 e. The van der Waals surface area contributed by atoms with Crippen molar-refractivity contribution in [3.8, 4) is 11.1 Å². The van der Waals surface area contributed by atoms with Gasteiger partial charge in [-0.15, -0.1) is 0 Å². The molecule has 92 valence electrons. The molecule has 0 aliphatic heterocycles. The summed E-state index contributed by atoms with van der Waals surface area (Å²) in [5.41, 5.74) is 2.91. The maximum atomic E-state index is 10.8. The molecule has 0 aromatic heterocycles. The second-order valence-corrected chi connectivity index (χ2v) is 4.15. The molecule has 18 heavy (non-hydrogen) atoms. The van der Waals surface area contributed by atoms with Gasteiger partial charge in [0.1, 0.15) is 0 Å². The second-order valence-electron chi connectivity index (χ2n) is 4.15. The van der Waals surface area contributed by atoms with E-state index in [1.54, 1.807) is 31.2 Å². The first kappa shape index (κ1) is 12.3. The summed E-state index contributed by atoms with van der Waals surface area (Å²) in [5, 5.41) is 18.6. The first-order valence-electron chi connectivity index (χ1n) is 5.70. The van der Waals surface area contributed by atoms with E-state index in [1.165, 1.54) is 0 Å². The van der Waals surface area contributed by atoms with Crippen molar-refractivity contribution in [2.75, 3.05) is 0 Å². The van der Waals surface area contributed by atoms with E-state index in [9.17, 15) is 9.90 Å². The minimum atomic E-state index is -0.939. The molecule has 1 unspecified atom stereocenters. The third-order valence-corrected chi connectivity index (χ3v) is 2.85. The highest BCUT2D eigenvalue weighted by Gasteiger charge is 2.09. The summed E-state index contributed by atoms with van der Waals surface area (Å²) in [7, 11) is 0. The summed E-state index contributed by atoms with van der Waals surface area (Å²) >= 11 is 0. The Morgan fingerprint density at radius 3 is 2.22 bits per heavy atom. The normalized spacial score (nSPS) is 12.1. The van der Waals surface area contributed by atoms with Gasteiger partial charge >= 0.3 is 5.97 Å². The largest absolute Gasteiger partial charge is 0.478 e. The molecule has 0 aliphatic carbocycles. The molecule has 0 amide bonds. The number of rotatable bonds is 3. The number of carbonyl (C=O) groups is 1. The second kappa shape index (κ2) is 5.02. The maximum Gasteiger partial charge on any atom is 0.335 e. The first-order chi connectivity index (χ1) is 8.59. The molecule has 0 saturated carbocycles. The fourth-order valence-corrected chi connectivity index (χ4v) is 1.92. The van der Waals surface area contributed by atoms with Gasteiger partial charge in [0.15, 0.2) is 0 Å². The fraction of sp³-hybridized carbons (Fsp3) is 0.133. The molecule has 2 N–H and O–H groups in total. The van der Waals surface area contributed by atoms with Gasteiger partial charge in [-0.3, -0.25) is 0 Å². The van der Waals surface area contributed by atoms with Crippen LogP contribution in [0.15, 0.2) is 48.5 Å². The molecule has 0 heterocycles. The Morgan fingerprint density at radius 2 is 1.67 bits per heavy atom. The molecule has 0 fully saturated rings. The molecule has 2 aromatic rings. The average molecular weight is 242 g/mol. The van der Waals surface area contributed by atoms with E-state index in [-0.39, 0.29) is 5.56 Å². The number of hydrogen-bond acceptors (Lipinski definition) is 2. The van der Waals surface area contributed by atoms with Crippen molar-refractivity contribution in [3.05, 3.63) is 59.7 Å². The topological polar surface area (TPSA) is 57.5 Å². The van der Waals surface area contributed by atoms with Crippen LogP contribution in [-0.4, -0.2) is 16.2 Å². The van der Waals surface area contributed by atoms with Crippen LogP contribution in [0.2, 0.25) is 0 Å². The van der Waals surface area contributed by atoms with Crippen molar-refractivity contribution in [1.29, 1.82) is 0 Å². The molecule has 0 aliphatic rings. The summed E-state index contributed by atoms with van der Waals surface area (Å²) in [5.74, 6) is -0.939. The maximum absolute atomic E-state index is 10.8. The number of carboxylic acid groups (broad SMARTS) is 1. The van der Waals surface area contributed by atoms with Gasteiger partial charge in [-0.2, -0.15) is 0 Å². The quantitative estimate of drug-likeness (QED) is 0.869. The van der Waals surface area contributed by atoms with Crippen molar-refractivity contribution in [1.82, 2.24) is 0 Å². The molecule has 0 bridgehead atoms. The first-order valence-corrected chi connectivity index (χ1v) is 5.70. The zero-order chi connectivity index (χ0) is 13.1. The SMILES string of the molecule is CC(O)c1ccccc1-c1ccc(C(=O)O)cc1. The standard InChI is InChI=1S/C15H14O3/c1-10(16)13-4-2-3-5-14(13)11-6-8-12(9-7-11)15(17)18/h2-10,16H,1H3,(H,17,18). The van der Waals surface area contributed by atoms with E-state index >= 15 is 0 Å². The summed E-state index contributed by atoms with van der Waals surface area (Å²) in [6.07, 6.45) is -0.555. The highest BCUT2D eigenvalue weighted by atomic mass is 16.4. The van der Waals surface area contributed by atoms with Gasteiger partial charge in [0, 0.05) is 0 Å². The molecular weight excluding hydrogens is 228 g/mol. The van der Waals surface area contributed by atoms with Crippen LogP contribution < -0.4 is 0 Å². The summed E-state index contributed by atoms with van der Waals surface area (Å²) in [4.78, 5) is 10.8. The molecule has 3 heteroatoms. The fourth-order valence-electron chi connectivity index (χ4n) is 1.92. The van der Waals surface area contributed by atoms with Crippen molar-refractivity contribution in [2.24, 2.45) is 0 Å². The van der Waals surface area contributed by atoms with E-state index in [0.29, 0.717) is 0 Å². The Kier molecular flexibility index (Phi) is 3.44. The van der Waals surface area contributed by atoms with Crippen LogP contribution in [0.25, 0.3) is 11.1 Å². The molecule has 3 nitrogen and oxygen atoms in total. The number of aromatic carboxylic acids is 1. The lowest BCUT2D eigenvalue weighted by atomic mass is 9.96. The predicted octanol–water partition coefficient (Wildman–Crippen LogP) is 3.11. The zero-order valence-electron chi connectivity index (χ0n) is 10.00. The molecule has 2 rings (SSSR count). The molecular formula is C15H14O3. The lowest BCUT2D eigenvalue weighted by Crippen LogP contribution is -1.97. The highest BCUT2D eigenvalue weighted by Crippen LogP contribution is 2.28. The van der Waals surface area contributed by atoms with E-state index in [1.807, 2.05) is 24.3 Å². The zero-order valence-corrected chi connectivity index (χ0v) is 10.00. The Labute approximate surface area is 105 Å². The van der Waals surface area contributed by atoms with Crippen LogP contribution in [-0.2, 0) is 0 Å². The van der Waals surface area contributed by atoms with Gasteiger partial charge in [-0.1, -0.05) is 36.4 Å². The van der Waals surface area contributed by atoms with Crippen molar-refractivity contribution in [3.63, 3.8) is 0 Å². The molecule has 0 saturated heterocycles. The van der Waals surface area contributed by atoms with E-state index < -0.39 is 12.1 Å². The van der Waals surface area contributed by atoms with Gasteiger partial charge in [0.25, 0.3) is 0 Å². The van der Waals surface area contributed by atoms with Crippen molar-refractivity contribution >= 4 is 5.97 Å². The molecule has 0 radical (unpaired) electrons. The van der Waals surface area contributed by atoms with E-state index in [0.717, 1.165) is 16.7 Å². The average Bonchev–Trinajstić information content (AvgIpc) is 2.39. The van der Waals surface area contributed by atoms with Crippen LogP contribution in [0.3, 0.4) is 0 Å². The third-order valence-electron chi connectivity index (χ3n) is 2.85. The predicted molar refractivity (Wildman–Crippen MR) is 69.5 cm³/mol. The minimum absolute atomic E-state index is 0.258. The Balaban J connectivity index is 2.46. The Morgan fingerprint density at radius 1 is 1.06 bits per heavy atom.